The van der Waals surface area contributed by atoms with Crippen LogP contribution < -0.4 is 5.73 Å². The first kappa shape index (κ1) is 14.9. The van der Waals surface area contributed by atoms with Crippen LogP contribution in [-0.2, 0) is 9.53 Å². The van der Waals surface area contributed by atoms with Crippen molar-refractivity contribution >= 4 is 23.5 Å². The molecule has 21 heavy (non-hydrogen) atoms. The molecule has 1 amide bonds. The van der Waals surface area contributed by atoms with E-state index in [1.807, 2.05) is 0 Å². The second-order valence-corrected chi connectivity index (χ2v) is 4.70. The van der Waals surface area contributed by atoms with Gasteiger partial charge in [0.15, 0.2) is 0 Å². The van der Waals surface area contributed by atoms with Crippen LogP contribution in [-0.4, -0.2) is 17.0 Å². The Morgan fingerprint density at radius 3 is 2.43 bits per heavy atom. The average molecular weight is 306 g/mol. The Morgan fingerprint density at radius 1 is 1.14 bits per heavy atom. The molecule has 0 bridgehead atoms. The Labute approximate surface area is 125 Å². The maximum atomic E-state index is 12.1. The highest BCUT2D eigenvalue weighted by atomic mass is 35.5. The van der Waals surface area contributed by atoms with Gasteiger partial charge < -0.3 is 15.6 Å². The van der Waals surface area contributed by atoms with E-state index < -0.39 is 18.0 Å². The van der Waals surface area contributed by atoms with E-state index in [-0.39, 0.29) is 16.3 Å². The van der Waals surface area contributed by atoms with E-state index in [1.54, 1.807) is 30.3 Å². The van der Waals surface area contributed by atoms with Crippen molar-refractivity contribution in [3.05, 3.63) is 64.7 Å². The van der Waals surface area contributed by atoms with Crippen LogP contribution in [0.3, 0.4) is 0 Å². The Morgan fingerprint density at radius 2 is 1.81 bits per heavy atom. The molecule has 2 aromatic rings. The molecule has 0 heterocycles. The van der Waals surface area contributed by atoms with Crippen LogP contribution in [0.25, 0.3) is 0 Å². The fourth-order valence-corrected chi connectivity index (χ4v) is 1.93. The van der Waals surface area contributed by atoms with Crippen molar-refractivity contribution in [1.29, 1.82) is 0 Å². The number of carbonyl (C=O) groups excluding carboxylic acids is 2. The molecule has 2 aromatic carbocycles. The Kier molecular flexibility index (Phi) is 4.45. The zero-order valence-corrected chi connectivity index (χ0v) is 11.6. The molecule has 0 aromatic heterocycles. The summed E-state index contributed by atoms with van der Waals surface area (Å²) < 4.78 is 5.09. The number of carbonyl (C=O) groups is 2. The molecule has 0 fully saturated rings. The molecule has 1 atom stereocenters. The number of nitrogens with two attached hydrogens (primary N) is 1. The summed E-state index contributed by atoms with van der Waals surface area (Å²) in [6.45, 7) is 0. The molecule has 6 heteroatoms. The number of aromatic hydroxyl groups is 1. The molecule has 1 unspecified atom stereocenters. The molecular weight excluding hydrogens is 294 g/mol. The van der Waals surface area contributed by atoms with Gasteiger partial charge in [0.25, 0.3) is 5.91 Å². The summed E-state index contributed by atoms with van der Waals surface area (Å²) in [5.41, 5.74) is 5.57. The van der Waals surface area contributed by atoms with Crippen molar-refractivity contribution in [2.24, 2.45) is 5.73 Å². The summed E-state index contributed by atoms with van der Waals surface area (Å²) in [6.07, 6.45) is -1.24. The van der Waals surface area contributed by atoms with Gasteiger partial charge in [-0.25, -0.2) is 4.79 Å². The highest BCUT2D eigenvalue weighted by Gasteiger charge is 2.24. The summed E-state index contributed by atoms with van der Waals surface area (Å²) in [6, 6.07) is 12.3. The van der Waals surface area contributed by atoms with Crippen molar-refractivity contribution in [2.75, 3.05) is 0 Å². The quantitative estimate of drug-likeness (QED) is 0.849. The molecule has 5 nitrogen and oxygen atoms in total. The van der Waals surface area contributed by atoms with Gasteiger partial charge in [0.05, 0.1) is 0 Å². The smallest absolute Gasteiger partial charge is 0.343 e. The SMILES string of the molecule is NC(=O)C(OC(=O)c1cc(Cl)ccc1O)c1ccccc1. The lowest BCUT2D eigenvalue weighted by Crippen LogP contribution is -2.26. The van der Waals surface area contributed by atoms with Gasteiger partial charge in [0.2, 0.25) is 6.10 Å². The lowest BCUT2D eigenvalue weighted by molar-refractivity contribution is -0.127. The molecule has 2 rings (SSSR count). The van der Waals surface area contributed by atoms with Gasteiger partial charge in [-0.1, -0.05) is 41.9 Å². The minimum atomic E-state index is -1.24. The fraction of sp³-hybridized carbons (Fsp3) is 0.0667. The maximum absolute atomic E-state index is 12.1. The first-order valence-electron chi connectivity index (χ1n) is 6.03. The van der Waals surface area contributed by atoms with E-state index in [0.29, 0.717) is 5.56 Å². The molecule has 0 radical (unpaired) electrons. The van der Waals surface area contributed by atoms with Crippen molar-refractivity contribution in [3.63, 3.8) is 0 Å². The normalized spacial score (nSPS) is 11.7. The minimum absolute atomic E-state index is 0.135. The fourth-order valence-electron chi connectivity index (χ4n) is 1.76. The summed E-state index contributed by atoms with van der Waals surface area (Å²) >= 11 is 5.77. The average Bonchev–Trinajstić information content (AvgIpc) is 2.47. The molecule has 0 aliphatic rings. The maximum Gasteiger partial charge on any atom is 0.343 e. The van der Waals surface area contributed by atoms with Crippen molar-refractivity contribution in [3.8, 4) is 5.75 Å². The number of ether oxygens (including phenoxy) is 1. The first-order valence-corrected chi connectivity index (χ1v) is 6.40. The summed E-state index contributed by atoms with van der Waals surface area (Å²) in [5, 5.41) is 9.91. The summed E-state index contributed by atoms with van der Waals surface area (Å²) in [5.74, 6) is -1.99. The Hall–Kier alpha value is -2.53. The van der Waals surface area contributed by atoms with E-state index in [0.717, 1.165) is 0 Å². The van der Waals surface area contributed by atoms with Crippen LogP contribution in [0.2, 0.25) is 5.02 Å². The number of phenolic OH excluding ortho intramolecular Hbond substituents is 1. The lowest BCUT2D eigenvalue weighted by Gasteiger charge is -2.15. The number of halogens is 1. The number of hydrogen-bond donors (Lipinski definition) is 2. The number of hydrogen-bond acceptors (Lipinski definition) is 4. The number of amides is 1. The number of esters is 1. The summed E-state index contributed by atoms with van der Waals surface area (Å²) in [4.78, 5) is 23.5. The number of primary amides is 1. The van der Waals surface area contributed by atoms with Crippen molar-refractivity contribution in [2.45, 2.75) is 6.10 Å². The van der Waals surface area contributed by atoms with Crippen LogP contribution in [0, 0.1) is 0 Å². The third-order valence-electron chi connectivity index (χ3n) is 2.76. The van der Waals surface area contributed by atoms with E-state index in [4.69, 9.17) is 22.1 Å². The van der Waals surface area contributed by atoms with E-state index >= 15 is 0 Å². The molecule has 0 aliphatic heterocycles. The summed E-state index contributed by atoms with van der Waals surface area (Å²) in [7, 11) is 0. The van der Waals surface area contributed by atoms with Crippen LogP contribution >= 0.6 is 11.6 Å². The standard InChI is InChI=1S/C15H12ClNO4/c16-10-6-7-12(18)11(8-10)15(20)21-13(14(17)19)9-4-2-1-3-5-9/h1-8,13,18H,(H2,17,19). The minimum Gasteiger partial charge on any atom is -0.507 e. The van der Waals surface area contributed by atoms with Gasteiger partial charge in [0, 0.05) is 10.6 Å². The largest absolute Gasteiger partial charge is 0.507 e. The van der Waals surface area contributed by atoms with E-state index in [1.165, 1.54) is 18.2 Å². The molecule has 0 aliphatic carbocycles. The monoisotopic (exact) mass is 305 g/mol. The van der Waals surface area contributed by atoms with Crippen LogP contribution in [0.5, 0.6) is 5.75 Å². The zero-order valence-electron chi connectivity index (χ0n) is 10.8. The van der Waals surface area contributed by atoms with E-state index in [9.17, 15) is 14.7 Å². The van der Waals surface area contributed by atoms with Gasteiger partial charge in [-0.05, 0) is 18.2 Å². The highest BCUT2D eigenvalue weighted by Crippen LogP contribution is 2.25. The molecule has 0 spiro atoms. The Bertz CT molecular complexity index is 673. The molecule has 0 saturated carbocycles. The topological polar surface area (TPSA) is 89.6 Å². The highest BCUT2D eigenvalue weighted by molar-refractivity contribution is 6.31. The second-order valence-electron chi connectivity index (χ2n) is 4.26. The number of rotatable bonds is 4. The Balaban J connectivity index is 2.27. The third kappa shape index (κ3) is 3.52. The van der Waals surface area contributed by atoms with E-state index in [2.05, 4.69) is 0 Å². The first-order chi connectivity index (χ1) is 9.99. The number of benzene rings is 2. The lowest BCUT2D eigenvalue weighted by atomic mass is 10.1. The van der Waals surface area contributed by atoms with Gasteiger partial charge in [-0.15, -0.1) is 0 Å². The molecule has 108 valence electrons. The number of phenols is 1. The zero-order chi connectivity index (χ0) is 15.4. The van der Waals surface area contributed by atoms with Crippen molar-refractivity contribution < 1.29 is 19.4 Å². The van der Waals surface area contributed by atoms with Crippen LogP contribution in [0.4, 0.5) is 0 Å². The van der Waals surface area contributed by atoms with Gasteiger partial charge >= 0.3 is 5.97 Å². The van der Waals surface area contributed by atoms with Gasteiger partial charge in [-0.2, -0.15) is 0 Å². The third-order valence-corrected chi connectivity index (χ3v) is 3.00. The molecule has 0 saturated heterocycles. The van der Waals surface area contributed by atoms with Gasteiger partial charge in [-0.3, -0.25) is 4.79 Å². The predicted octanol–water partition coefficient (Wildman–Crippen LogP) is 2.43. The van der Waals surface area contributed by atoms with Crippen LogP contribution in [0.15, 0.2) is 48.5 Å². The predicted molar refractivity (Wildman–Crippen MR) is 76.9 cm³/mol. The molecular formula is C15H12ClNO4. The molecule has 3 N–H and O–H groups in total. The van der Waals surface area contributed by atoms with Gasteiger partial charge in [0.1, 0.15) is 11.3 Å². The van der Waals surface area contributed by atoms with Crippen LogP contribution in [0.1, 0.15) is 22.0 Å². The van der Waals surface area contributed by atoms with Crippen molar-refractivity contribution in [1.82, 2.24) is 0 Å². The second kappa shape index (κ2) is 6.28.